The average Bonchev–Trinajstić information content (AvgIpc) is 2.41. The average molecular weight is 276 g/mol. The second-order valence-electron chi connectivity index (χ2n) is 5.16. The van der Waals surface area contributed by atoms with Gasteiger partial charge in [0.25, 0.3) is 0 Å². The fourth-order valence-electron chi connectivity index (χ4n) is 2.69. The van der Waals surface area contributed by atoms with E-state index >= 15 is 0 Å². The van der Waals surface area contributed by atoms with Crippen LogP contribution in [0.1, 0.15) is 19.8 Å². The topological polar surface area (TPSA) is 37.0 Å². The summed E-state index contributed by atoms with van der Waals surface area (Å²) in [5, 5.41) is 9.01. The molecule has 2 unspecified atom stereocenters. The second kappa shape index (κ2) is 5.35. The van der Waals surface area contributed by atoms with Crippen LogP contribution in [0, 0.1) is 0 Å². The standard InChI is InChI=1S/C15H18ClN3/c1-10-13(3-2-7-17-10)19-14-6-8-18-15-9-11(16)4-5-12(14)15/h4-6,8-10,13,17H,2-3,7H2,1H3,(H,18,19). The van der Waals surface area contributed by atoms with Crippen LogP contribution in [0.2, 0.25) is 5.02 Å². The summed E-state index contributed by atoms with van der Waals surface area (Å²) in [6, 6.07) is 8.86. The van der Waals surface area contributed by atoms with Crippen LogP contribution in [0.4, 0.5) is 5.69 Å². The summed E-state index contributed by atoms with van der Waals surface area (Å²) < 4.78 is 0. The number of rotatable bonds is 2. The highest BCUT2D eigenvalue weighted by Gasteiger charge is 2.20. The van der Waals surface area contributed by atoms with E-state index in [2.05, 4.69) is 22.5 Å². The lowest BCUT2D eigenvalue weighted by Gasteiger charge is -2.31. The number of hydrogen-bond acceptors (Lipinski definition) is 3. The number of halogens is 1. The first-order chi connectivity index (χ1) is 9.24. The number of aromatic nitrogens is 1. The van der Waals surface area contributed by atoms with E-state index in [9.17, 15) is 0 Å². The van der Waals surface area contributed by atoms with Gasteiger partial charge in [0.15, 0.2) is 0 Å². The van der Waals surface area contributed by atoms with Gasteiger partial charge < -0.3 is 10.6 Å². The molecule has 2 N–H and O–H groups in total. The number of hydrogen-bond donors (Lipinski definition) is 2. The molecule has 1 aliphatic heterocycles. The third-order valence-electron chi connectivity index (χ3n) is 3.81. The smallest absolute Gasteiger partial charge is 0.0737 e. The number of nitrogens with zero attached hydrogens (tertiary/aromatic N) is 1. The van der Waals surface area contributed by atoms with Crippen LogP contribution in [-0.2, 0) is 0 Å². The summed E-state index contributed by atoms with van der Waals surface area (Å²) in [4.78, 5) is 4.37. The number of pyridine rings is 1. The third kappa shape index (κ3) is 2.67. The summed E-state index contributed by atoms with van der Waals surface area (Å²) in [5.41, 5.74) is 2.08. The van der Waals surface area contributed by atoms with E-state index < -0.39 is 0 Å². The molecule has 1 aromatic carbocycles. The Morgan fingerprint density at radius 2 is 2.26 bits per heavy atom. The molecule has 0 spiro atoms. The molecule has 0 radical (unpaired) electrons. The molecule has 4 heteroatoms. The molecule has 1 aliphatic rings. The molecule has 100 valence electrons. The number of anilines is 1. The predicted octanol–water partition coefficient (Wildman–Crippen LogP) is 3.44. The highest BCUT2D eigenvalue weighted by Crippen LogP contribution is 2.26. The van der Waals surface area contributed by atoms with Gasteiger partial charge in [0.05, 0.1) is 5.52 Å². The summed E-state index contributed by atoms with van der Waals surface area (Å²) in [6.07, 6.45) is 4.25. The summed E-state index contributed by atoms with van der Waals surface area (Å²) in [7, 11) is 0. The highest BCUT2D eigenvalue weighted by atomic mass is 35.5. The molecule has 2 aromatic rings. The molecular weight excluding hydrogens is 258 g/mol. The SMILES string of the molecule is CC1NCCCC1Nc1ccnc2cc(Cl)ccc12. The molecule has 0 amide bonds. The Labute approximate surface area is 118 Å². The number of nitrogens with one attached hydrogen (secondary N) is 2. The number of piperidine rings is 1. The van der Waals surface area contributed by atoms with Crippen LogP contribution < -0.4 is 10.6 Å². The van der Waals surface area contributed by atoms with Gasteiger partial charge in [0, 0.05) is 34.4 Å². The van der Waals surface area contributed by atoms with Crippen LogP contribution in [0.15, 0.2) is 30.5 Å². The van der Waals surface area contributed by atoms with E-state index in [1.165, 1.54) is 12.8 Å². The molecule has 1 fully saturated rings. The molecule has 3 rings (SSSR count). The Kier molecular flexibility index (Phi) is 3.58. The van der Waals surface area contributed by atoms with E-state index in [1.807, 2.05) is 30.5 Å². The van der Waals surface area contributed by atoms with Gasteiger partial charge in [-0.2, -0.15) is 0 Å². The third-order valence-corrected chi connectivity index (χ3v) is 4.04. The predicted molar refractivity (Wildman–Crippen MR) is 80.9 cm³/mol. The Balaban J connectivity index is 1.92. The fraction of sp³-hybridized carbons (Fsp3) is 0.400. The molecule has 0 aliphatic carbocycles. The van der Waals surface area contributed by atoms with Crippen LogP contribution in [-0.4, -0.2) is 23.6 Å². The van der Waals surface area contributed by atoms with Crippen molar-refractivity contribution in [2.45, 2.75) is 31.8 Å². The van der Waals surface area contributed by atoms with Crippen LogP contribution in [0.5, 0.6) is 0 Å². The van der Waals surface area contributed by atoms with E-state index in [1.54, 1.807) is 0 Å². The Hall–Kier alpha value is -1.32. The Bertz CT molecular complexity index is 585. The van der Waals surface area contributed by atoms with Crippen LogP contribution >= 0.6 is 11.6 Å². The van der Waals surface area contributed by atoms with Gasteiger partial charge >= 0.3 is 0 Å². The Morgan fingerprint density at radius 1 is 1.37 bits per heavy atom. The first-order valence-corrected chi connectivity index (χ1v) is 7.16. The molecule has 3 nitrogen and oxygen atoms in total. The van der Waals surface area contributed by atoms with Crippen molar-refractivity contribution in [2.75, 3.05) is 11.9 Å². The van der Waals surface area contributed by atoms with Crippen LogP contribution in [0.3, 0.4) is 0 Å². The first-order valence-electron chi connectivity index (χ1n) is 6.78. The zero-order valence-electron chi connectivity index (χ0n) is 11.0. The van der Waals surface area contributed by atoms with Crippen molar-refractivity contribution in [3.8, 4) is 0 Å². The fourth-order valence-corrected chi connectivity index (χ4v) is 2.85. The van der Waals surface area contributed by atoms with E-state index in [0.717, 1.165) is 28.2 Å². The minimum atomic E-state index is 0.468. The maximum atomic E-state index is 6.02. The molecule has 0 bridgehead atoms. The molecule has 2 heterocycles. The molecule has 1 aromatic heterocycles. The van der Waals surface area contributed by atoms with Gasteiger partial charge in [-0.1, -0.05) is 11.6 Å². The molecular formula is C15H18ClN3. The monoisotopic (exact) mass is 275 g/mol. The molecule has 2 atom stereocenters. The Morgan fingerprint density at radius 3 is 3.11 bits per heavy atom. The quantitative estimate of drug-likeness (QED) is 0.882. The van der Waals surface area contributed by atoms with Crippen LogP contribution in [0.25, 0.3) is 10.9 Å². The van der Waals surface area contributed by atoms with Gasteiger partial charge in [0.2, 0.25) is 0 Å². The largest absolute Gasteiger partial charge is 0.380 e. The van der Waals surface area contributed by atoms with Gasteiger partial charge in [-0.25, -0.2) is 0 Å². The molecule has 19 heavy (non-hydrogen) atoms. The lowest BCUT2D eigenvalue weighted by Crippen LogP contribution is -2.46. The van der Waals surface area contributed by atoms with Gasteiger partial charge in [-0.15, -0.1) is 0 Å². The van der Waals surface area contributed by atoms with E-state index in [-0.39, 0.29) is 0 Å². The number of fused-ring (bicyclic) bond motifs is 1. The van der Waals surface area contributed by atoms with Crippen molar-refractivity contribution in [3.05, 3.63) is 35.5 Å². The normalized spacial score (nSPS) is 23.5. The van der Waals surface area contributed by atoms with Gasteiger partial charge in [0.1, 0.15) is 0 Å². The maximum Gasteiger partial charge on any atom is 0.0737 e. The zero-order valence-corrected chi connectivity index (χ0v) is 11.7. The maximum absolute atomic E-state index is 6.02. The van der Waals surface area contributed by atoms with E-state index in [0.29, 0.717) is 12.1 Å². The number of benzene rings is 1. The molecule has 0 saturated carbocycles. The molecule has 1 saturated heterocycles. The lowest BCUT2D eigenvalue weighted by molar-refractivity contribution is 0.389. The minimum Gasteiger partial charge on any atom is -0.380 e. The highest BCUT2D eigenvalue weighted by molar-refractivity contribution is 6.31. The zero-order chi connectivity index (χ0) is 13.2. The minimum absolute atomic E-state index is 0.468. The summed E-state index contributed by atoms with van der Waals surface area (Å²) in [6.45, 7) is 3.35. The van der Waals surface area contributed by atoms with Crippen molar-refractivity contribution in [3.63, 3.8) is 0 Å². The van der Waals surface area contributed by atoms with Crippen molar-refractivity contribution in [1.29, 1.82) is 0 Å². The second-order valence-corrected chi connectivity index (χ2v) is 5.59. The lowest BCUT2D eigenvalue weighted by atomic mass is 9.99. The first kappa shape index (κ1) is 12.7. The summed E-state index contributed by atoms with van der Waals surface area (Å²) >= 11 is 6.02. The van der Waals surface area contributed by atoms with E-state index in [4.69, 9.17) is 11.6 Å². The summed E-state index contributed by atoms with van der Waals surface area (Å²) in [5.74, 6) is 0. The van der Waals surface area contributed by atoms with Gasteiger partial charge in [-0.05, 0) is 50.6 Å². The van der Waals surface area contributed by atoms with Crippen molar-refractivity contribution >= 4 is 28.2 Å². The van der Waals surface area contributed by atoms with Crippen molar-refractivity contribution in [2.24, 2.45) is 0 Å². The van der Waals surface area contributed by atoms with Gasteiger partial charge in [-0.3, -0.25) is 4.98 Å². The van der Waals surface area contributed by atoms with Crippen molar-refractivity contribution < 1.29 is 0 Å². The van der Waals surface area contributed by atoms with Crippen molar-refractivity contribution in [1.82, 2.24) is 10.3 Å².